The number of fused-ring (bicyclic) bond motifs is 1. The first-order valence-electron chi connectivity index (χ1n) is 5.44. The molecule has 1 aromatic heterocycles. The minimum Gasteiger partial charge on any atom is -0.396 e. The molecule has 82 valence electrons. The van der Waals surface area contributed by atoms with E-state index in [2.05, 4.69) is 14.9 Å². The molecule has 0 bridgehead atoms. The van der Waals surface area contributed by atoms with Gasteiger partial charge in [-0.15, -0.1) is 0 Å². The molecule has 0 atom stereocenters. The molecule has 0 saturated carbocycles. The summed E-state index contributed by atoms with van der Waals surface area (Å²) in [7, 11) is 0. The molecule has 1 N–H and O–H groups in total. The fourth-order valence-corrected chi connectivity index (χ4v) is 1.96. The summed E-state index contributed by atoms with van der Waals surface area (Å²) in [6.07, 6.45) is 1.85. The zero-order valence-corrected chi connectivity index (χ0v) is 8.87. The maximum Gasteiger partial charge on any atom is 0.225 e. The van der Waals surface area contributed by atoms with Gasteiger partial charge in [0.25, 0.3) is 0 Å². The van der Waals surface area contributed by atoms with Crippen LogP contribution in [-0.2, 0) is 0 Å². The van der Waals surface area contributed by atoms with Gasteiger partial charge in [-0.25, -0.2) is 9.97 Å². The summed E-state index contributed by atoms with van der Waals surface area (Å²) in [6.45, 7) is 1.97. The zero-order valence-electron chi connectivity index (χ0n) is 8.87. The van der Waals surface area contributed by atoms with E-state index in [1.165, 1.54) is 0 Å². The lowest BCUT2D eigenvalue weighted by Gasteiger charge is -2.38. The van der Waals surface area contributed by atoms with Gasteiger partial charge in [-0.05, 0) is 6.07 Å². The number of aliphatic hydroxyl groups is 1. The molecular formula is C12H13N3O. The van der Waals surface area contributed by atoms with Gasteiger partial charge in [0.1, 0.15) is 0 Å². The Hall–Kier alpha value is -1.68. The van der Waals surface area contributed by atoms with Gasteiger partial charge in [-0.1, -0.05) is 18.2 Å². The maximum atomic E-state index is 8.95. The third-order valence-corrected chi connectivity index (χ3v) is 2.97. The van der Waals surface area contributed by atoms with Crippen LogP contribution in [0.3, 0.4) is 0 Å². The van der Waals surface area contributed by atoms with Crippen molar-refractivity contribution >= 4 is 16.9 Å². The van der Waals surface area contributed by atoms with Gasteiger partial charge in [-0.2, -0.15) is 0 Å². The van der Waals surface area contributed by atoms with Crippen molar-refractivity contribution in [3.63, 3.8) is 0 Å². The van der Waals surface area contributed by atoms with Crippen molar-refractivity contribution < 1.29 is 5.11 Å². The van der Waals surface area contributed by atoms with Gasteiger partial charge in [0.2, 0.25) is 5.95 Å². The lowest BCUT2D eigenvalue weighted by Crippen LogP contribution is -2.49. The normalized spacial score (nSPS) is 16.4. The van der Waals surface area contributed by atoms with Crippen molar-refractivity contribution in [2.45, 2.75) is 0 Å². The van der Waals surface area contributed by atoms with Gasteiger partial charge in [-0.3, -0.25) is 0 Å². The van der Waals surface area contributed by atoms with Crippen molar-refractivity contribution in [1.29, 1.82) is 0 Å². The molecule has 0 amide bonds. The van der Waals surface area contributed by atoms with Crippen LogP contribution in [-0.4, -0.2) is 34.8 Å². The molecule has 16 heavy (non-hydrogen) atoms. The molecule has 2 heterocycles. The van der Waals surface area contributed by atoms with Crippen LogP contribution in [0, 0.1) is 5.92 Å². The quantitative estimate of drug-likeness (QED) is 0.813. The number of para-hydroxylation sites is 1. The average Bonchev–Trinajstić information content (AvgIpc) is 2.27. The summed E-state index contributed by atoms with van der Waals surface area (Å²) < 4.78 is 0. The Kier molecular flexibility index (Phi) is 2.22. The van der Waals surface area contributed by atoms with Crippen LogP contribution in [0.1, 0.15) is 0 Å². The molecule has 3 rings (SSSR count). The zero-order chi connectivity index (χ0) is 11.0. The highest BCUT2D eigenvalue weighted by Gasteiger charge is 2.27. The number of hydrogen-bond donors (Lipinski definition) is 1. The third kappa shape index (κ3) is 1.51. The summed E-state index contributed by atoms with van der Waals surface area (Å²) in [4.78, 5) is 10.9. The highest BCUT2D eigenvalue weighted by Crippen LogP contribution is 2.22. The Bertz CT molecular complexity index is 508. The van der Waals surface area contributed by atoms with E-state index in [1.54, 1.807) is 0 Å². The van der Waals surface area contributed by atoms with E-state index >= 15 is 0 Å². The maximum absolute atomic E-state index is 8.95. The standard InChI is InChI=1S/C12H13N3O/c16-8-9-6-15(7-9)12-13-5-10-3-1-2-4-11(10)14-12/h1-5,9,16H,6-8H2. The summed E-state index contributed by atoms with van der Waals surface area (Å²) in [5, 5.41) is 10.0. The van der Waals surface area contributed by atoms with Crippen LogP contribution in [0.15, 0.2) is 30.5 Å². The molecular weight excluding hydrogens is 202 g/mol. The number of aliphatic hydroxyl groups excluding tert-OH is 1. The summed E-state index contributed by atoms with van der Waals surface area (Å²) in [5.41, 5.74) is 0.972. The summed E-state index contributed by atoms with van der Waals surface area (Å²) >= 11 is 0. The van der Waals surface area contributed by atoms with Crippen LogP contribution in [0.5, 0.6) is 0 Å². The largest absolute Gasteiger partial charge is 0.396 e. The molecule has 1 aliphatic heterocycles. The second kappa shape index (κ2) is 3.72. The molecule has 0 unspecified atom stereocenters. The molecule has 4 nitrogen and oxygen atoms in total. The highest BCUT2D eigenvalue weighted by atomic mass is 16.3. The van der Waals surface area contributed by atoms with Gasteiger partial charge < -0.3 is 10.0 Å². The van der Waals surface area contributed by atoms with Crippen molar-refractivity contribution in [2.24, 2.45) is 5.92 Å². The fourth-order valence-electron chi connectivity index (χ4n) is 1.96. The number of nitrogens with zero attached hydrogens (tertiary/aromatic N) is 3. The van der Waals surface area contributed by atoms with Gasteiger partial charge >= 0.3 is 0 Å². The SMILES string of the molecule is OCC1CN(c2ncc3ccccc3n2)C1. The third-order valence-electron chi connectivity index (χ3n) is 2.97. The van der Waals surface area contributed by atoms with Gasteiger partial charge in [0.15, 0.2) is 0 Å². The van der Waals surface area contributed by atoms with Crippen LogP contribution in [0.4, 0.5) is 5.95 Å². The van der Waals surface area contributed by atoms with Crippen LogP contribution >= 0.6 is 0 Å². The first-order chi connectivity index (χ1) is 7.86. The van der Waals surface area contributed by atoms with Crippen LogP contribution in [0.25, 0.3) is 10.9 Å². The van der Waals surface area contributed by atoms with E-state index in [0.717, 1.165) is 29.9 Å². The Morgan fingerprint density at radius 2 is 2.12 bits per heavy atom. The smallest absolute Gasteiger partial charge is 0.225 e. The van der Waals surface area contributed by atoms with E-state index in [9.17, 15) is 0 Å². The van der Waals surface area contributed by atoms with E-state index in [4.69, 9.17) is 5.11 Å². The monoisotopic (exact) mass is 215 g/mol. The lowest BCUT2D eigenvalue weighted by molar-refractivity contribution is 0.199. The molecule has 0 aliphatic carbocycles. The first kappa shape index (κ1) is 9.54. The molecule has 1 saturated heterocycles. The van der Waals surface area contributed by atoms with E-state index in [1.807, 2.05) is 30.5 Å². The molecule has 1 aromatic carbocycles. The molecule has 4 heteroatoms. The number of rotatable bonds is 2. The second-order valence-electron chi connectivity index (χ2n) is 4.18. The molecule has 0 radical (unpaired) electrons. The van der Waals surface area contributed by atoms with Crippen molar-refractivity contribution in [2.75, 3.05) is 24.6 Å². The summed E-state index contributed by atoms with van der Waals surface area (Å²) in [5.74, 6) is 1.15. The van der Waals surface area contributed by atoms with E-state index in [0.29, 0.717) is 5.92 Å². The Labute approximate surface area is 93.6 Å². The predicted molar refractivity (Wildman–Crippen MR) is 62.3 cm³/mol. The first-order valence-corrected chi connectivity index (χ1v) is 5.44. The molecule has 0 spiro atoms. The van der Waals surface area contributed by atoms with Gasteiger partial charge in [0, 0.05) is 37.2 Å². The topological polar surface area (TPSA) is 49.2 Å². The lowest BCUT2D eigenvalue weighted by atomic mass is 10.0. The van der Waals surface area contributed by atoms with E-state index < -0.39 is 0 Å². The molecule has 1 fully saturated rings. The number of anilines is 1. The number of aromatic nitrogens is 2. The van der Waals surface area contributed by atoms with Crippen molar-refractivity contribution in [1.82, 2.24) is 9.97 Å². The Morgan fingerprint density at radius 1 is 1.31 bits per heavy atom. The summed E-state index contributed by atoms with van der Waals surface area (Å²) in [6, 6.07) is 7.96. The van der Waals surface area contributed by atoms with Crippen LogP contribution in [0.2, 0.25) is 0 Å². The second-order valence-corrected chi connectivity index (χ2v) is 4.18. The Balaban J connectivity index is 1.89. The highest BCUT2D eigenvalue weighted by molar-refractivity contribution is 5.78. The molecule has 2 aromatic rings. The molecule has 1 aliphatic rings. The minimum atomic E-state index is 0.254. The van der Waals surface area contributed by atoms with E-state index in [-0.39, 0.29) is 6.61 Å². The number of hydrogen-bond acceptors (Lipinski definition) is 4. The van der Waals surface area contributed by atoms with Crippen molar-refractivity contribution in [3.8, 4) is 0 Å². The minimum absolute atomic E-state index is 0.254. The fraction of sp³-hybridized carbons (Fsp3) is 0.333. The van der Waals surface area contributed by atoms with Crippen LogP contribution < -0.4 is 4.90 Å². The predicted octanol–water partition coefficient (Wildman–Crippen LogP) is 1.06. The van der Waals surface area contributed by atoms with Gasteiger partial charge in [0.05, 0.1) is 5.52 Å². The average molecular weight is 215 g/mol. The van der Waals surface area contributed by atoms with Crippen molar-refractivity contribution in [3.05, 3.63) is 30.5 Å². The Morgan fingerprint density at radius 3 is 2.94 bits per heavy atom. The number of benzene rings is 1.